The number of nitrogens with two attached hydrogens (primary N) is 1. The molecule has 0 spiro atoms. The maximum Gasteiger partial charge on any atom is 0.346 e. The zero-order valence-corrected chi connectivity index (χ0v) is 20.3. The Bertz CT molecular complexity index is 1450. The predicted molar refractivity (Wildman–Crippen MR) is 135 cm³/mol. The van der Waals surface area contributed by atoms with E-state index in [4.69, 9.17) is 10.5 Å². The lowest BCUT2D eigenvalue weighted by molar-refractivity contribution is -0.119. The van der Waals surface area contributed by atoms with Crippen LogP contribution in [0.2, 0.25) is 0 Å². The van der Waals surface area contributed by atoms with Gasteiger partial charge in [-0.1, -0.05) is 32.4 Å². The van der Waals surface area contributed by atoms with Crippen molar-refractivity contribution in [1.29, 1.82) is 0 Å². The molecule has 5 N–H and O–H groups in total. The van der Waals surface area contributed by atoms with Crippen LogP contribution in [0.3, 0.4) is 0 Å². The molecule has 35 heavy (non-hydrogen) atoms. The van der Waals surface area contributed by atoms with Crippen LogP contribution in [0.1, 0.15) is 32.3 Å². The third kappa shape index (κ3) is 4.80. The lowest BCUT2D eigenvalue weighted by Crippen LogP contribution is -2.33. The topological polar surface area (TPSA) is 156 Å². The van der Waals surface area contributed by atoms with Crippen molar-refractivity contribution in [3.8, 4) is 11.5 Å². The molecule has 3 aromatic rings. The van der Waals surface area contributed by atoms with Crippen LogP contribution in [0.4, 0.5) is 5.69 Å². The maximum atomic E-state index is 13.6. The zero-order chi connectivity index (χ0) is 25.3. The molecular formula is C24H27N4O6P. The fourth-order valence-electron chi connectivity index (χ4n) is 3.94. The highest BCUT2D eigenvalue weighted by molar-refractivity contribution is 7.65. The van der Waals surface area contributed by atoms with Gasteiger partial charge in [0.2, 0.25) is 0 Å². The van der Waals surface area contributed by atoms with Crippen molar-refractivity contribution < 1.29 is 24.1 Å². The molecule has 4 rings (SSSR count). The number of ether oxygens (including phenoxy) is 1. The number of hydrogen-bond donors (Lipinski definition) is 4. The molecule has 1 aliphatic rings. The van der Waals surface area contributed by atoms with Crippen molar-refractivity contribution in [2.75, 3.05) is 11.9 Å². The summed E-state index contributed by atoms with van der Waals surface area (Å²) in [5.41, 5.74) is 5.19. The molecule has 2 atom stereocenters. The second-order valence-electron chi connectivity index (χ2n) is 8.55. The third-order valence-electron chi connectivity index (χ3n) is 6.08. The Morgan fingerprint density at radius 3 is 2.74 bits per heavy atom. The van der Waals surface area contributed by atoms with Gasteiger partial charge in [-0.15, -0.1) is 0 Å². The third-order valence-corrected chi connectivity index (χ3v) is 7.55. The van der Waals surface area contributed by atoms with Crippen LogP contribution < -0.4 is 26.7 Å². The molecule has 0 bridgehead atoms. The van der Waals surface area contributed by atoms with Crippen molar-refractivity contribution in [1.82, 2.24) is 4.57 Å². The largest absolute Gasteiger partial charge is 0.506 e. The van der Waals surface area contributed by atoms with Gasteiger partial charge in [0.05, 0.1) is 16.5 Å². The van der Waals surface area contributed by atoms with Gasteiger partial charge >= 0.3 is 7.52 Å². The van der Waals surface area contributed by atoms with Crippen LogP contribution in [-0.4, -0.2) is 32.9 Å². The Labute approximate surface area is 201 Å². The first kappa shape index (κ1) is 24.5. The van der Waals surface area contributed by atoms with Gasteiger partial charge < -0.3 is 30.4 Å². The van der Waals surface area contributed by atoms with Crippen molar-refractivity contribution in [3.63, 3.8) is 0 Å². The molecule has 1 aliphatic heterocycles. The number of carbonyl (C=O) groups is 1. The van der Waals surface area contributed by atoms with Crippen molar-refractivity contribution in [2.24, 2.45) is 16.4 Å². The highest BCUT2D eigenvalue weighted by atomic mass is 31.2. The van der Waals surface area contributed by atoms with Gasteiger partial charge in [-0.2, -0.15) is 4.76 Å². The monoisotopic (exact) mass is 498 g/mol. The number of carbonyl (C=O) groups excluding carboxylic acids is 1. The average Bonchev–Trinajstić information content (AvgIpc) is 2.82. The van der Waals surface area contributed by atoms with E-state index in [1.807, 2.05) is 0 Å². The first-order chi connectivity index (χ1) is 16.6. The van der Waals surface area contributed by atoms with Crippen LogP contribution in [0.5, 0.6) is 11.5 Å². The number of amides is 1. The van der Waals surface area contributed by atoms with Gasteiger partial charge in [0.25, 0.3) is 11.5 Å². The van der Waals surface area contributed by atoms with E-state index in [2.05, 4.69) is 23.9 Å². The molecule has 0 radical (unpaired) electrons. The summed E-state index contributed by atoms with van der Waals surface area (Å²) in [5, 5.41) is 14.3. The highest BCUT2D eigenvalue weighted by Crippen LogP contribution is 2.47. The summed E-state index contributed by atoms with van der Waals surface area (Å²) >= 11 is 0. The number of pyridine rings is 1. The van der Waals surface area contributed by atoms with E-state index in [-0.39, 0.29) is 33.9 Å². The number of aromatic hydroxyl groups is 1. The van der Waals surface area contributed by atoms with Crippen LogP contribution in [0.25, 0.3) is 10.9 Å². The number of fused-ring (bicyclic) bond motifs is 2. The van der Waals surface area contributed by atoms with Crippen LogP contribution in [0, 0.1) is 5.92 Å². The number of nitrogens with one attached hydrogen (secondary N) is 1. The van der Waals surface area contributed by atoms with E-state index in [0.29, 0.717) is 23.4 Å². The Kier molecular flexibility index (Phi) is 6.69. The van der Waals surface area contributed by atoms with Crippen LogP contribution in [0.15, 0.2) is 52.0 Å². The summed E-state index contributed by atoms with van der Waals surface area (Å²) in [6, 6.07) is 11.2. The molecular weight excluding hydrogens is 471 g/mol. The fraction of sp³-hybridized carbons (Fsp3) is 0.292. The molecule has 0 saturated carbocycles. The minimum Gasteiger partial charge on any atom is -0.506 e. The number of aromatic nitrogens is 1. The molecule has 10 nitrogen and oxygen atoms in total. The van der Waals surface area contributed by atoms with E-state index in [9.17, 15) is 24.2 Å². The van der Waals surface area contributed by atoms with Gasteiger partial charge in [0, 0.05) is 11.9 Å². The molecule has 184 valence electrons. The lowest BCUT2D eigenvalue weighted by atomic mass is 10.0. The van der Waals surface area contributed by atoms with E-state index >= 15 is 0 Å². The summed E-state index contributed by atoms with van der Waals surface area (Å²) < 4.78 is 23.9. The smallest absolute Gasteiger partial charge is 0.346 e. The number of aryl methyl sites for hydroxylation is 1. The minimum atomic E-state index is -4.35. The summed E-state index contributed by atoms with van der Waals surface area (Å²) in [4.78, 5) is 35.3. The van der Waals surface area contributed by atoms with Crippen LogP contribution >= 0.6 is 7.52 Å². The number of amidine groups is 1. The number of nitrogens with zero attached hydrogens (tertiary/aromatic N) is 2. The molecule has 0 fully saturated rings. The normalized spacial score (nSPS) is 17.9. The van der Waals surface area contributed by atoms with Crippen LogP contribution in [-0.2, 0) is 15.9 Å². The summed E-state index contributed by atoms with van der Waals surface area (Å²) in [6.07, 6.45) is 1.71. The number of benzene rings is 2. The van der Waals surface area contributed by atoms with Crippen molar-refractivity contribution >= 4 is 41.2 Å². The second kappa shape index (κ2) is 9.56. The number of para-hydroxylation sites is 1. The average molecular weight is 498 g/mol. The Morgan fingerprint density at radius 2 is 2.03 bits per heavy atom. The second-order valence-corrected chi connectivity index (χ2v) is 10.3. The van der Waals surface area contributed by atoms with Gasteiger partial charge in [-0.05, 0) is 42.7 Å². The standard InChI is InChI=1S/C24H27N4O6P/c1-3-14(2)10-11-28-18-7-5-4-6-16(18)22(30)21(24(28)31)23-26-17-9-8-15(34-13-20(25)29)12-19(17)35(32,33)27-23/h4-9,12,14,30H,3,10-11,13H2,1-2H3,(H2,25,29)(H2,26,27,32,33). The van der Waals surface area contributed by atoms with Crippen molar-refractivity contribution in [3.05, 3.63) is 58.4 Å². The highest BCUT2D eigenvalue weighted by Gasteiger charge is 2.33. The lowest BCUT2D eigenvalue weighted by Gasteiger charge is -2.24. The number of anilines is 1. The first-order valence-corrected chi connectivity index (χ1v) is 12.8. The van der Waals surface area contributed by atoms with Gasteiger partial charge in [0.1, 0.15) is 17.1 Å². The number of hydrogen-bond acceptors (Lipinski definition) is 6. The van der Waals surface area contributed by atoms with E-state index < -0.39 is 25.6 Å². The SMILES string of the molecule is CCC(C)CCn1c(=O)c(C2=NP(=O)(O)c3cc(OCC(N)=O)ccc3N2)c(O)c2ccccc21. The summed E-state index contributed by atoms with van der Waals surface area (Å²) in [5.74, 6) is -0.650. The molecule has 1 aromatic heterocycles. The first-order valence-electron chi connectivity index (χ1n) is 11.2. The number of rotatable bonds is 8. The maximum absolute atomic E-state index is 13.6. The Morgan fingerprint density at radius 1 is 1.29 bits per heavy atom. The molecule has 0 aliphatic carbocycles. The number of primary amides is 1. The van der Waals surface area contributed by atoms with Gasteiger partial charge in [0.15, 0.2) is 12.4 Å². The predicted octanol–water partition coefficient (Wildman–Crippen LogP) is 2.69. The summed E-state index contributed by atoms with van der Waals surface area (Å²) in [6.45, 7) is 4.21. The fourth-order valence-corrected chi connectivity index (χ4v) is 5.20. The van der Waals surface area contributed by atoms with E-state index in [1.165, 1.54) is 18.2 Å². The molecule has 11 heteroatoms. The molecule has 2 unspecified atom stereocenters. The van der Waals surface area contributed by atoms with E-state index in [0.717, 1.165) is 12.8 Å². The molecule has 2 heterocycles. The minimum absolute atomic E-state index is 0.0550. The van der Waals surface area contributed by atoms with Gasteiger partial charge in [-0.3, -0.25) is 14.2 Å². The van der Waals surface area contributed by atoms with Crippen molar-refractivity contribution in [2.45, 2.75) is 33.2 Å². The molecule has 2 aromatic carbocycles. The quantitative estimate of drug-likeness (QED) is 0.348. The Balaban J connectivity index is 1.82. The Hall–Kier alpha value is -3.62. The summed E-state index contributed by atoms with van der Waals surface area (Å²) in [7, 11) is -4.35. The molecule has 1 amide bonds. The zero-order valence-electron chi connectivity index (χ0n) is 19.4. The van der Waals surface area contributed by atoms with E-state index in [1.54, 1.807) is 28.8 Å². The van der Waals surface area contributed by atoms with Gasteiger partial charge in [-0.25, -0.2) is 0 Å². The molecule has 0 saturated heterocycles.